The first-order chi connectivity index (χ1) is 16.3. The van der Waals surface area contributed by atoms with E-state index in [0.717, 1.165) is 31.4 Å². The zero-order valence-electron chi connectivity index (χ0n) is 19.4. The van der Waals surface area contributed by atoms with E-state index >= 15 is 0 Å². The van der Waals surface area contributed by atoms with Crippen molar-refractivity contribution in [3.8, 4) is 5.75 Å². The highest BCUT2D eigenvalue weighted by Gasteiger charge is 2.31. The Hall–Kier alpha value is -3.03. The number of unbranched alkanes of at least 4 members (excludes halogenated alkanes) is 7. The number of carbonyl (C=O) groups excluding carboxylic acids is 2. The number of esters is 2. The van der Waals surface area contributed by atoms with Gasteiger partial charge in [-0.25, -0.2) is 9.59 Å². The summed E-state index contributed by atoms with van der Waals surface area (Å²) in [6.45, 7) is 2.29. The van der Waals surface area contributed by atoms with Gasteiger partial charge in [-0.2, -0.15) is 0 Å². The van der Waals surface area contributed by atoms with Gasteiger partial charge in [0.25, 0.3) is 0 Å². The summed E-state index contributed by atoms with van der Waals surface area (Å²) in [6, 6.07) is 11.2. The molecule has 2 aromatic carbocycles. The van der Waals surface area contributed by atoms with Crippen LogP contribution >= 0.6 is 0 Å². The van der Waals surface area contributed by atoms with Crippen LogP contribution in [-0.2, 0) is 16.1 Å². The number of rotatable bonds is 14. The molecule has 2 rings (SSSR count). The maximum absolute atomic E-state index is 12.5. The van der Waals surface area contributed by atoms with Crippen LogP contribution in [0, 0.1) is 0 Å². The van der Waals surface area contributed by atoms with E-state index in [-0.39, 0.29) is 30.1 Å². The molecule has 0 fully saturated rings. The lowest BCUT2D eigenvalue weighted by Crippen LogP contribution is -2.17. The van der Waals surface area contributed by atoms with E-state index in [9.17, 15) is 22.8 Å². The molecule has 0 heterocycles. The molecule has 0 N–H and O–H groups in total. The lowest BCUT2D eigenvalue weighted by Gasteiger charge is -2.11. The molecule has 0 atom stereocenters. The first kappa shape index (κ1) is 27.2. The third-order valence-corrected chi connectivity index (χ3v) is 5.12. The molecule has 0 saturated carbocycles. The minimum Gasteiger partial charge on any atom is -0.462 e. The summed E-state index contributed by atoms with van der Waals surface area (Å²) in [4.78, 5) is 25.0. The van der Waals surface area contributed by atoms with E-state index in [1.54, 1.807) is 12.1 Å². The van der Waals surface area contributed by atoms with Crippen molar-refractivity contribution in [2.75, 3.05) is 6.61 Å². The van der Waals surface area contributed by atoms with Gasteiger partial charge in [0.2, 0.25) is 0 Å². The fraction of sp³-hybridized carbons (Fsp3) is 0.462. The van der Waals surface area contributed by atoms with Gasteiger partial charge in [0.15, 0.2) is 0 Å². The van der Waals surface area contributed by atoms with Crippen LogP contribution in [0.25, 0.3) is 0 Å². The Balaban J connectivity index is 1.80. The monoisotopic (exact) mass is 480 g/mol. The van der Waals surface area contributed by atoms with E-state index in [0.29, 0.717) is 5.56 Å². The topological polar surface area (TPSA) is 61.8 Å². The summed E-state index contributed by atoms with van der Waals surface area (Å²) in [5, 5.41) is 0. The van der Waals surface area contributed by atoms with E-state index in [2.05, 4.69) is 11.7 Å². The first-order valence-corrected chi connectivity index (χ1v) is 11.6. The number of hydrogen-bond acceptors (Lipinski definition) is 5. The lowest BCUT2D eigenvalue weighted by molar-refractivity contribution is -0.274. The summed E-state index contributed by atoms with van der Waals surface area (Å²) >= 11 is 0. The van der Waals surface area contributed by atoms with Crippen molar-refractivity contribution in [2.24, 2.45) is 0 Å². The van der Waals surface area contributed by atoms with Gasteiger partial charge in [0.05, 0.1) is 17.7 Å². The van der Waals surface area contributed by atoms with E-state index in [1.807, 2.05) is 0 Å². The van der Waals surface area contributed by atoms with Crippen LogP contribution in [0.1, 0.15) is 84.6 Å². The third-order valence-electron chi connectivity index (χ3n) is 5.12. The Morgan fingerprint density at radius 2 is 1.26 bits per heavy atom. The number of alkyl halides is 3. The van der Waals surface area contributed by atoms with Crippen LogP contribution in [-0.4, -0.2) is 24.9 Å². The lowest BCUT2D eigenvalue weighted by atomic mass is 10.1. The molecule has 0 amide bonds. The third kappa shape index (κ3) is 10.3. The first-order valence-electron chi connectivity index (χ1n) is 11.6. The van der Waals surface area contributed by atoms with Gasteiger partial charge >= 0.3 is 18.3 Å². The summed E-state index contributed by atoms with van der Waals surface area (Å²) in [5.74, 6) is -1.69. The Labute approximate surface area is 198 Å². The molecule has 2 aromatic rings. The fourth-order valence-electron chi connectivity index (χ4n) is 3.33. The summed E-state index contributed by atoms with van der Waals surface area (Å²) in [7, 11) is 0. The predicted molar refractivity (Wildman–Crippen MR) is 122 cm³/mol. The van der Waals surface area contributed by atoms with Crippen LogP contribution in [0.5, 0.6) is 5.75 Å². The van der Waals surface area contributed by atoms with Crippen molar-refractivity contribution in [3.63, 3.8) is 0 Å². The number of carbonyl (C=O) groups is 2. The average Bonchev–Trinajstić information content (AvgIpc) is 2.81. The number of ether oxygens (including phenoxy) is 3. The number of halogens is 3. The van der Waals surface area contributed by atoms with Crippen molar-refractivity contribution in [2.45, 2.75) is 71.3 Å². The van der Waals surface area contributed by atoms with Crippen LogP contribution < -0.4 is 4.74 Å². The van der Waals surface area contributed by atoms with Gasteiger partial charge in [-0.1, -0.05) is 76.1 Å². The van der Waals surface area contributed by atoms with Gasteiger partial charge in [-0.15, -0.1) is 13.2 Å². The maximum Gasteiger partial charge on any atom is 0.573 e. The quantitative estimate of drug-likeness (QED) is 0.211. The number of benzene rings is 2. The molecule has 0 aromatic heterocycles. The van der Waals surface area contributed by atoms with Crippen molar-refractivity contribution in [3.05, 3.63) is 65.2 Å². The van der Waals surface area contributed by atoms with Gasteiger partial charge in [0, 0.05) is 0 Å². The minimum absolute atomic E-state index is 0.0699. The molecule has 0 aliphatic heterocycles. The van der Waals surface area contributed by atoms with Crippen molar-refractivity contribution in [1.82, 2.24) is 0 Å². The molecule has 0 aliphatic rings. The molecule has 0 saturated heterocycles. The molecule has 0 bridgehead atoms. The van der Waals surface area contributed by atoms with Crippen molar-refractivity contribution < 1.29 is 37.0 Å². The fourth-order valence-corrected chi connectivity index (χ4v) is 3.33. The summed E-state index contributed by atoms with van der Waals surface area (Å²) < 4.78 is 51.1. The molecular formula is C26H31F3O5. The van der Waals surface area contributed by atoms with E-state index < -0.39 is 18.3 Å². The second kappa shape index (κ2) is 14.3. The van der Waals surface area contributed by atoms with E-state index in [1.165, 1.54) is 56.4 Å². The summed E-state index contributed by atoms with van der Waals surface area (Å²) in [5.41, 5.74) is 0.652. The highest BCUT2D eigenvalue weighted by Crippen LogP contribution is 2.23. The largest absolute Gasteiger partial charge is 0.573 e. The Morgan fingerprint density at radius 1 is 0.735 bits per heavy atom. The van der Waals surface area contributed by atoms with Crippen LogP contribution in [0.3, 0.4) is 0 Å². The SMILES string of the molecule is CCCCCCCCCCOC(=O)c1ccccc1C(=O)OCc1ccc(OC(F)(F)F)cc1. The average molecular weight is 481 g/mol. The minimum atomic E-state index is -4.78. The molecule has 0 aliphatic carbocycles. The van der Waals surface area contributed by atoms with Crippen LogP contribution in [0.4, 0.5) is 13.2 Å². The molecule has 186 valence electrons. The van der Waals surface area contributed by atoms with Crippen molar-refractivity contribution >= 4 is 11.9 Å². The maximum atomic E-state index is 12.5. The normalized spacial score (nSPS) is 11.2. The Morgan fingerprint density at radius 3 is 1.82 bits per heavy atom. The summed E-state index contributed by atoms with van der Waals surface area (Å²) in [6.07, 6.45) is 4.23. The molecule has 5 nitrogen and oxygen atoms in total. The van der Waals surface area contributed by atoms with Gasteiger partial charge in [-0.05, 0) is 36.2 Å². The molecular weight excluding hydrogens is 449 g/mol. The molecule has 34 heavy (non-hydrogen) atoms. The second-order valence-electron chi connectivity index (χ2n) is 7.92. The van der Waals surface area contributed by atoms with Crippen molar-refractivity contribution in [1.29, 1.82) is 0 Å². The Bertz CT molecular complexity index is 894. The number of hydrogen-bond donors (Lipinski definition) is 0. The van der Waals surface area contributed by atoms with Gasteiger partial charge in [0.1, 0.15) is 12.4 Å². The zero-order valence-corrected chi connectivity index (χ0v) is 19.4. The highest BCUT2D eigenvalue weighted by atomic mass is 19.4. The molecule has 0 unspecified atom stereocenters. The van der Waals surface area contributed by atoms with Crippen LogP contribution in [0.15, 0.2) is 48.5 Å². The second-order valence-corrected chi connectivity index (χ2v) is 7.92. The predicted octanol–water partition coefficient (Wildman–Crippen LogP) is 7.24. The van der Waals surface area contributed by atoms with Gasteiger partial charge in [-0.3, -0.25) is 0 Å². The highest BCUT2D eigenvalue weighted by molar-refractivity contribution is 6.03. The zero-order chi connectivity index (χ0) is 24.8. The standard InChI is InChI=1S/C26H31F3O5/c1-2-3-4-5-6-7-8-11-18-32-24(30)22-12-9-10-13-23(22)25(31)33-19-20-14-16-21(17-15-20)34-26(27,28)29/h9-10,12-17H,2-8,11,18-19H2,1H3. The molecule has 8 heteroatoms. The molecule has 0 radical (unpaired) electrons. The van der Waals surface area contributed by atoms with Crippen LogP contribution in [0.2, 0.25) is 0 Å². The molecule has 0 spiro atoms. The van der Waals surface area contributed by atoms with E-state index in [4.69, 9.17) is 9.47 Å². The smallest absolute Gasteiger partial charge is 0.462 e. The van der Waals surface area contributed by atoms with Gasteiger partial charge < -0.3 is 14.2 Å². The Kier molecular flexibility index (Phi) is 11.4.